The van der Waals surface area contributed by atoms with E-state index in [4.69, 9.17) is 10.5 Å². The van der Waals surface area contributed by atoms with E-state index in [2.05, 4.69) is 39.3 Å². The molecule has 36 heavy (non-hydrogen) atoms. The molecule has 9 nitrogen and oxygen atoms in total. The van der Waals surface area contributed by atoms with Crippen molar-refractivity contribution in [3.63, 3.8) is 0 Å². The highest BCUT2D eigenvalue weighted by Gasteiger charge is 2.46. The Bertz CT molecular complexity index is 1290. The topological polar surface area (TPSA) is 150 Å². The van der Waals surface area contributed by atoms with Crippen molar-refractivity contribution in [2.45, 2.75) is 31.6 Å². The van der Waals surface area contributed by atoms with E-state index in [-0.39, 0.29) is 5.91 Å². The average Bonchev–Trinajstić information content (AvgIpc) is 3.69. The number of methoxy groups -OCH3 is 1. The van der Waals surface area contributed by atoms with Crippen LogP contribution in [0, 0.1) is 22.7 Å². The van der Waals surface area contributed by atoms with Crippen molar-refractivity contribution in [3.8, 4) is 12.1 Å². The van der Waals surface area contributed by atoms with Crippen molar-refractivity contribution in [2.75, 3.05) is 25.6 Å². The monoisotopic (exact) mass is 483 g/mol. The van der Waals surface area contributed by atoms with Gasteiger partial charge in [-0.1, -0.05) is 6.08 Å². The lowest BCUT2D eigenvalue weighted by Crippen LogP contribution is -2.23. The Morgan fingerprint density at radius 3 is 2.69 bits per heavy atom. The van der Waals surface area contributed by atoms with Crippen LogP contribution < -0.4 is 16.4 Å². The molecule has 1 aliphatic rings. The molecule has 2 aromatic rings. The predicted octanol–water partition coefficient (Wildman–Crippen LogP) is 3.54. The van der Waals surface area contributed by atoms with Gasteiger partial charge >= 0.3 is 0 Å². The molecule has 0 aromatic carbocycles. The minimum absolute atomic E-state index is 0.331. The highest BCUT2D eigenvalue weighted by atomic mass is 16.5. The third-order valence-corrected chi connectivity index (χ3v) is 5.78. The van der Waals surface area contributed by atoms with Crippen molar-refractivity contribution in [3.05, 3.63) is 83.1 Å². The standard InChI is InChI=1S/C27H29N7O2/c1-4-5-22(34-26(35)19-6-9-31-24(13-19)27(17-29)7-8-27)14-23(18(2)30)21-12-20(15-28)25(33-16-21)32-10-11-36-3/h4,6,9,12-14,16H,1,5,7-8,10-11,30H2,2-3H3,(H,32,33)(H,34,35)/b22-14+,23-18+. The molecule has 0 atom stereocenters. The Morgan fingerprint density at radius 1 is 1.31 bits per heavy atom. The Labute approximate surface area is 211 Å². The summed E-state index contributed by atoms with van der Waals surface area (Å²) in [6, 6.07) is 9.43. The smallest absolute Gasteiger partial charge is 0.255 e. The summed E-state index contributed by atoms with van der Waals surface area (Å²) in [6.07, 6.45) is 8.45. The van der Waals surface area contributed by atoms with Gasteiger partial charge < -0.3 is 21.1 Å². The van der Waals surface area contributed by atoms with Crippen molar-refractivity contribution in [1.82, 2.24) is 15.3 Å². The second-order valence-electron chi connectivity index (χ2n) is 8.49. The number of nitriles is 2. The SMILES string of the molecule is C=CC/C(=C\C(=C(\C)N)c1cnc(NCCOC)c(C#N)c1)NC(=O)c1ccnc(C2(C#N)CC2)c1. The number of nitrogens with one attached hydrogen (secondary N) is 2. The first-order valence-electron chi connectivity index (χ1n) is 11.5. The maximum absolute atomic E-state index is 13.1. The van der Waals surface area contributed by atoms with Crippen LogP contribution in [0.3, 0.4) is 0 Å². The fourth-order valence-electron chi connectivity index (χ4n) is 3.61. The molecule has 0 bridgehead atoms. The molecule has 2 heterocycles. The van der Waals surface area contributed by atoms with Crippen LogP contribution in [-0.2, 0) is 10.2 Å². The minimum Gasteiger partial charge on any atom is -0.402 e. The number of hydrogen-bond acceptors (Lipinski definition) is 8. The third kappa shape index (κ3) is 6.15. The number of ether oxygens (including phenoxy) is 1. The van der Waals surface area contributed by atoms with E-state index in [0.717, 1.165) is 12.8 Å². The molecule has 184 valence electrons. The van der Waals surface area contributed by atoms with Crippen LogP contribution >= 0.6 is 0 Å². The van der Waals surface area contributed by atoms with Gasteiger partial charge in [0.25, 0.3) is 5.91 Å². The summed E-state index contributed by atoms with van der Waals surface area (Å²) in [7, 11) is 1.60. The van der Waals surface area contributed by atoms with Gasteiger partial charge in [-0.25, -0.2) is 4.98 Å². The molecule has 4 N–H and O–H groups in total. The summed E-state index contributed by atoms with van der Waals surface area (Å²) in [4.78, 5) is 21.7. The van der Waals surface area contributed by atoms with Crippen LogP contribution in [0.5, 0.6) is 0 Å². The van der Waals surface area contributed by atoms with Crippen molar-refractivity contribution >= 4 is 17.3 Å². The number of nitrogens with two attached hydrogens (primary N) is 1. The van der Waals surface area contributed by atoms with Crippen LogP contribution in [-0.4, -0.2) is 36.1 Å². The zero-order chi connectivity index (χ0) is 26.1. The van der Waals surface area contributed by atoms with Gasteiger partial charge in [0.05, 0.1) is 29.3 Å². The zero-order valence-corrected chi connectivity index (χ0v) is 20.5. The lowest BCUT2D eigenvalue weighted by molar-refractivity contribution is 0.0965. The number of anilines is 1. The van der Waals surface area contributed by atoms with Gasteiger partial charge in [0, 0.05) is 60.6 Å². The molecule has 9 heteroatoms. The highest BCUT2D eigenvalue weighted by Crippen LogP contribution is 2.46. The molecule has 2 aromatic heterocycles. The van der Waals surface area contributed by atoms with Gasteiger partial charge in [0.1, 0.15) is 11.9 Å². The minimum atomic E-state index is -0.585. The molecule has 1 fully saturated rings. The summed E-state index contributed by atoms with van der Waals surface area (Å²) < 4.78 is 5.03. The number of rotatable bonds is 11. The number of amides is 1. The number of pyridine rings is 2. The number of aromatic nitrogens is 2. The van der Waals surface area contributed by atoms with Crippen LogP contribution in [0.4, 0.5) is 5.82 Å². The molecule has 1 aliphatic carbocycles. The maximum atomic E-state index is 13.1. The van der Waals surface area contributed by atoms with E-state index in [1.165, 1.54) is 0 Å². The Balaban J connectivity index is 1.88. The van der Waals surface area contributed by atoms with E-state index in [9.17, 15) is 15.3 Å². The first kappa shape index (κ1) is 26.1. The maximum Gasteiger partial charge on any atom is 0.255 e. The largest absolute Gasteiger partial charge is 0.402 e. The van der Waals surface area contributed by atoms with E-state index >= 15 is 0 Å². The molecule has 0 unspecified atom stereocenters. The van der Waals surface area contributed by atoms with Crippen molar-refractivity contribution < 1.29 is 9.53 Å². The molecular weight excluding hydrogens is 454 g/mol. The summed E-state index contributed by atoms with van der Waals surface area (Å²) >= 11 is 0. The summed E-state index contributed by atoms with van der Waals surface area (Å²) in [5, 5.41) is 25.1. The second kappa shape index (κ2) is 11.8. The molecule has 0 spiro atoms. The predicted molar refractivity (Wildman–Crippen MR) is 137 cm³/mol. The molecule has 1 saturated carbocycles. The first-order chi connectivity index (χ1) is 17.4. The van der Waals surface area contributed by atoms with Crippen LogP contribution in [0.2, 0.25) is 0 Å². The number of carbonyl (C=O) groups is 1. The number of carbonyl (C=O) groups excluding carboxylic acids is 1. The molecule has 1 amide bonds. The van der Waals surface area contributed by atoms with Crippen molar-refractivity contribution in [2.24, 2.45) is 5.73 Å². The average molecular weight is 484 g/mol. The lowest BCUT2D eigenvalue weighted by atomic mass is 10.0. The fraction of sp³-hybridized carbons (Fsp3) is 0.296. The number of allylic oxidation sites excluding steroid dienone is 4. The molecule has 0 radical (unpaired) electrons. The van der Waals surface area contributed by atoms with Crippen LogP contribution in [0.15, 0.2) is 60.7 Å². The summed E-state index contributed by atoms with van der Waals surface area (Å²) in [6.45, 7) is 6.51. The molecule has 0 aliphatic heterocycles. The van der Waals surface area contributed by atoms with Gasteiger partial charge in [-0.3, -0.25) is 9.78 Å². The van der Waals surface area contributed by atoms with Gasteiger partial charge in [-0.2, -0.15) is 10.5 Å². The first-order valence-corrected chi connectivity index (χ1v) is 11.5. The number of hydrogen-bond donors (Lipinski definition) is 3. The Kier molecular flexibility index (Phi) is 8.56. The lowest BCUT2D eigenvalue weighted by Gasteiger charge is -2.14. The Hall–Kier alpha value is -4.47. The Morgan fingerprint density at radius 2 is 2.08 bits per heavy atom. The molecular formula is C27H29N7O2. The quantitative estimate of drug-likeness (QED) is 0.249. The summed E-state index contributed by atoms with van der Waals surface area (Å²) in [5.74, 6) is 0.123. The highest BCUT2D eigenvalue weighted by molar-refractivity contribution is 5.95. The molecule has 3 rings (SSSR count). The van der Waals surface area contributed by atoms with Gasteiger partial charge in [0.15, 0.2) is 0 Å². The second-order valence-corrected chi connectivity index (χ2v) is 8.49. The zero-order valence-electron chi connectivity index (χ0n) is 20.5. The number of nitrogens with zero attached hydrogens (tertiary/aromatic N) is 4. The van der Waals surface area contributed by atoms with E-state index in [0.29, 0.717) is 64.7 Å². The van der Waals surface area contributed by atoms with E-state index < -0.39 is 5.41 Å². The molecule has 0 saturated heterocycles. The normalized spacial score (nSPS) is 14.6. The van der Waals surface area contributed by atoms with Crippen molar-refractivity contribution in [1.29, 1.82) is 10.5 Å². The van der Waals surface area contributed by atoms with Gasteiger partial charge in [-0.05, 0) is 44.0 Å². The van der Waals surface area contributed by atoms with Crippen LogP contribution in [0.1, 0.15) is 53.4 Å². The van der Waals surface area contributed by atoms with Gasteiger partial charge in [0.2, 0.25) is 0 Å². The summed E-state index contributed by atoms with van der Waals surface area (Å²) in [5.41, 5.74) is 9.30. The van der Waals surface area contributed by atoms with E-state index in [1.807, 2.05) is 0 Å². The van der Waals surface area contributed by atoms with Gasteiger partial charge in [-0.15, -0.1) is 6.58 Å². The third-order valence-electron chi connectivity index (χ3n) is 5.78. The van der Waals surface area contributed by atoms with Crippen LogP contribution in [0.25, 0.3) is 5.57 Å². The fourth-order valence-corrected chi connectivity index (χ4v) is 3.61. The van der Waals surface area contributed by atoms with E-state index in [1.54, 1.807) is 56.8 Å².